The predicted molar refractivity (Wildman–Crippen MR) is 101 cm³/mol. The maximum Gasteiger partial charge on any atom is 0.254 e. The molecule has 1 amide bonds. The fourth-order valence-corrected chi connectivity index (χ4v) is 3.34. The van der Waals surface area contributed by atoms with E-state index >= 15 is 0 Å². The third kappa shape index (κ3) is 4.26. The van der Waals surface area contributed by atoms with E-state index in [9.17, 15) is 4.79 Å². The van der Waals surface area contributed by atoms with Crippen molar-refractivity contribution < 1.29 is 4.79 Å². The fourth-order valence-electron chi connectivity index (χ4n) is 3.34. The lowest BCUT2D eigenvalue weighted by Crippen LogP contribution is -2.29. The normalized spacial score (nSPS) is 13.6. The topological polar surface area (TPSA) is 36.4 Å². The van der Waals surface area contributed by atoms with Crippen LogP contribution in [0.25, 0.3) is 0 Å². The number of amides is 1. The highest BCUT2D eigenvalue weighted by Crippen LogP contribution is 2.25. The number of fused-ring (bicyclic) bond motifs is 1. The summed E-state index contributed by atoms with van der Waals surface area (Å²) in [5.74, 6) is 0.191. The van der Waals surface area contributed by atoms with Crippen molar-refractivity contribution in [1.29, 1.82) is 0 Å². The summed E-state index contributed by atoms with van der Waals surface area (Å²) >= 11 is 0. The first-order valence-electron chi connectivity index (χ1n) is 9.01. The van der Waals surface area contributed by atoms with Gasteiger partial charge in [-0.05, 0) is 74.7 Å². The van der Waals surface area contributed by atoms with Crippen molar-refractivity contribution in [3.63, 3.8) is 0 Å². The SMILES string of the molecule is Cc1cc2c(cc1C)C(=O)N(CCCN(C)CCc1cccnc1)C2. The number of rotatable bonds is 7. The molecule has 1 aliphatic heterocycles. The van der Waals surface area contributed by atoms with Crippen LogP contribution in [0.1, 0.15) is 39.0 Å². The van der Waals surface area contributed by atoms with Crippen LogP contribution in [-0.4, -0.2) is 47.4 Å². The molecule has 0 N–H and O–H groups in total. The van der Waals surface area contributed by atoms with E-state index in [0.717, 1.165) is 44.6 Å². The van der Waals surface area contributed by atoms with Crippen LogP contribution in [0.15, 0.2) is 36.7 Å². The van der Waals surface area contributed by atoms with E-state index in [1.165, 1.54) is 22.3 Å². The number of nitrogens with zero attached hydrogens (tertiary/aromatic N) is 3. The Morgan fingerprint density at radius 2 is 2.00 bits per heavy atom. The average molecular weight is 337 g/mol. The molecule has 0 radical (unpaired) electrons. The van der Waals surface area contributed by atoms with Crippen LogP contribution in [0.3, 0.4) is 0 Å². The number of benzene rings is 1. The Kier molecular flexibility index (Phi) is 5.49. The van der Waals surface area contributed by atoms with E-state index in [0.29, 0.717) is 0 Å². The number of aryl methyl sites for hydroxylation is 2. The lowest BCUT2D eigenvalue weighted by molar-refractivity contribution is 0.0772. The molecule has 0 saturated heterocycles. The Morgan fingerprint density at radius 3 is 2.76 bits per heavy atom. The molecule has 0 unspecified atom stereocenters. The molecule has 132 valence electrons. The van der Waals surface area contributed by atoms with Gasteiger partial charge in [-0.3, -0.25) is 9.78 Å². The molecule has 1 aliphatic rings. The standard InChI is InChI=1S/C21H27N3O/c1-16-12-19-15-24(21(25)20(19)13-17(16)2)10-5-9-23(3)11-7-18-6-4-8-22-14-18/h4,6,8,12-14H,5,7,9-11,15H2,1-3H3. The smallest absolute Gasteiger partial charge is 0.254 e. The van der Waals surface area contributed by atoms with E-state index in [2.05, 4.69) is 42.9 Å². The predicted octanol–water partition coefficient (Wildman–Crippen LogP) is 3.22. The molecule has 0 aliphatic carbocycles. The molecule has 2 heterocycles. The number of hydrogen-bond donors (Lipinski definition) is 0. The minimum absolute atomic E-state index is 0.191. The van der Waals surface area contributed by atoms with Gasteiger partial charge >= 0.3 is 0 Å². The zero-order chi connectivity index (χ0) is 17.8. The lowest BCUT2D eigenvalue weighted by Gasteiger charge is -2.20. The zero-order valence-corrected chi connectivity index (χ0v) is 15.5. The summed E-state index contributed by atoms with van der Waals surface area (Å²) in [6, 6.07) is 8.32. The summed E-state index contributed by atoms with van der Waals surface area (Å²) in [5.41, 5.74) is 5.81. The van der Waals surface area contributed by atoms with Gasteiger partial charge in [-0.2, -0.15) is 0 Å². The maximum atomic E-state index is 12.6. The highest BCUT2D eigenvalue weighted by molar-refractivity contribution is 5.98. The number of carbonyl (C=O) groups excluding carboxylic acids is 1. The third-order valence-corrected chi connectivity index (χ3v) is 5.07. The van der Waals surface area contributed by atoms with Crippen molar-refractivity contribution in [2.45, 2.75) is 33.2 Å². The monoisotopic (exact) mass is 337 g/mol. The van der Waals surface area contributed by atoms with E-state index < -0.39 is 0 Å². The molecule has 4 heteroatoms. The second-order valence-corrected chi connectivity index (χ2v) is 7.09. The average Bonchev–Trinajstić information content (AvgIpc) is 2.90. The Morgan fingerprint density at radius 1 is 1.20 bits per heavy atom. The first kappa shape index (κ1) is 17.6. The van der Waals surface area contributed by atoms with Crippen LogP contribution in [0.5, 0.6) is 0 Å². The van der Waals surface area contributed by atoms with Gasteiger partial charge in [0.25, 0.3) is 5.91 Å². The molecule has 1 aromatic heterocycles. The van der Waals surface area contributed by atoms with E-state index in [1.54, 1.807) is 6.20 Å². The van der Waals surface area contributed by atoms with Crippen molar-refractivity contribution >= 4 is 5.91 Å². The van der Waals surface area contributed by atoms with Crippen molar-refractivity contribution in [1.82, 2.24) is 14.8 Å². The van der Waals surface area contributed by atoms with Crippen LogP contribution >= 0.6 is 0 Å². The van der Waals surface area contributed by atoms with Gasteiger partial charge in [0.15, 0.2) is 0 Å². The van der Waals surface area contributed by atoms with E-state index in [4.69, 9.17) is 0 Å². The minimum atomic E-state index is 0.191. The zero-order valence-electron chi connectivity index (χ0n) is 15.5. The van der Waals surface area contributed by atoms with Crippen LogP contribution in [0, 0.1) is 13.8 Å². The van der Waals surface area contributed by atoms with Gasteiger partial charge in [-0.25, -0.2) is 0 Å². The van der Waals surface area contributed by atoms with Gasteiger partial charge in [0.05, 0.1) is 0 Å². The van der Waals surface area contributed by atoms with Gasteiger partial charge in [0.1, 0.15) is 0 Å². The first-order chi connectivity index (χ1) is 12.0. The molecule has 4 nitrogen and oxygen atoms in total. The van der Waals surface area contributed by atoms with Crippen molar-refractivity contribution in [3.05, 3.63) is 64.5 Å². The Bertz CT molecular complexity index is 742. The number of pyridine rings is 1. The Hall–Kier alpha value is -2.20. The molecule has 0 bridgehead atoms. The van der Waals surface area contributed by atoms with Gasteiger partial charge < -0.3 is 9.80 Å². The molecule has 3 rings (SSSR count). The van der Waals surface area contributed by atoms with Gasteiger partial charge in [-0.15, -0.1) is 0 Å². The summed E-state index contributed by atoms with van der Waals surface area (Å²) in [6.07, 6.45) is 5.75. The molecule has 0 saturated carbocycles. The van der Waals surface area contributed by atoms with Crippen LogP contribution in [-0.2, 0) is 13.0 Å². The molecule has 0 fully saturated rings. The Labute approximate surface area is 150 Å². The van der Waals surface area contributed by atoms with Crippen molar-refractivity contribution in [2.75, 3.05) is 26.7 Å². The minimum Gasteiger partial charge on any atom is -0.334 e. The molecular weight excluding hydrogens is 310 g/mol. The number of carbonyl (C=O) groups is 1. The van der Waals surface area contributed by atoms with Crippen molar-refractivity contribution in [2.24, 2.45) is 0 Å². The number of aromatic nitrogens is 1. The highest BCUT2D eigenvalue weighted by Gasteiger charge is 2.27. The summed E-state index contributed by atoms with van der Waals surface area (Å²) in [7, 11) is 2.14. The molecule has 0 atom stereocenters. The molecule has 2 aromatic rings. The first-order valence-corrected chi connectivity index (χ1v) is 9.01. The van der Waals surface area contributed by atoms with E-state index in [-0.39, 0.29) is 5.91 Å². The highest BCUT2D eigenvalue weighted by atomic mass is 16.2. The van der Waals surface area contributed by atoms with Crippen LogP contribution in [0.4, 0.5) is 0 Å². The maximum absolute atomic E-state index is 12.6. The third-order valence-electron chi connectivity index (χ3n) is 5.07. The Balaban J connectivity index is 1.44. The molecule has 1 aromatic carbocycles. The van der Waals surface area contributed by atoms with E-state index in [1.807, 2.05) is 23.2 Å². The summed E-state index contributed by atoms with van der Waals surface area (Å²) in [4.78, 5) is 21.0. The second-order valence-electron chi connectivity index (χ2n) is 7.09. The van der Waals surface area contributed by atoms with Crippen LogP contribution in [0.2, 0.25) is 0 Å². The lowest BCUT2D eigenvalue weighted by atomic mass is 10.0. The van der Waals surface area contributed by atoms with Gasteiger partial charge in [0, 0.05) is 37.6 Å². The molecule has 0 spiro atoms. The largest absolute Gasteiger partial charge is 0.334 e. The van der Waals surface area contributed by atoms with Gasteiger partial charge in [-0.1, -0.05) is 12.1 Å². The summed E-state index contributed by atoms with van der Waals surface area (Å²) < 4.78 is 0. The fraction of sp³-hybridized carbons (Fsp3) is 0.429. The summed E-state index contributed by atoms with van der Waals surface area (Å²) in [6.45, 7) is 7.77. The summed E-state index contributed by atoms with van der Waals surface area (Å²) in [5, 5.41) is 0. The number of hydrogen-bond acceptors (Lipinski definition) is 3. The quantitative estimate of drug-likeness (QED) is 0.778. The number of likely N-dealkylation sites (N-methyl/N-ethyl adjacent to an activating group) is 1. The molecular formula is C21H27N3O. The van der Waals surface area contributed by atoms with Crippen LogP contribution < -0.4 is 0 Å². The molecule has 25 heavy (non-hydrogen) atoms. The van der Waals surface area contributed by atoms with Gasteiger partial charge in [0.2, 0.25) is 0 Å². The second kappa shape index (κ2) is 7.79. The van der Waals surface area contributed by atoms with Crippen molar-refractivity contribution in [3.8, 4) is 0 Å².